The van der Waals surface area contributed by atoms with Crippen molar-refractivity contribution >= 4 is 11.5 Å². The number of nitrogens with zero attached hydrogens (tertiary/aromatic N) is 4. The predicted molar refractivity (Wildman–Crippen MR) is 133 cm³/mol. The summed E-state index contributed by atoms with van der Waals surface area (Å²) >= 11 is 0. The van der Waals surface area contributed by atoms with Crippen LogP contribution in [0.15, 0.2) is 122 Å². The van der Waals surface area contributed by atoms with Crippen molar-refractivity contribution in [3.8, 4) is 5.75 Å². The summed E-state index contributed by atoms with van der Waals surface area (Å²) < 4.78 is 18.5. The van der Waals surface area contributed by atoms with Crippen LogP contribution in [0.1, 0.15) is 22.5 Å². The van der Waals surface area contributed by atoms with E-state index in [4.69, 9.17) is 4.74 Å². The highest BCUT2D eigenvalue weighted by Crippen LogP contribution is 2.39. The number of tetrazole rings is 1. The Balaban J connectivity index is 1.61. The molecular formula is C29H21FN4O2. The van der Waals surface area contributed by atoms with Crippen molar-refractivity contribution in [2.24, 2.45) is 0 Å². The maximum atomic E-state index is 13.2. The molecule has 6 nitrogen and oxygen atoms in total. The summed E-state index contributed by atoms with van der Waals surface area (Å²) in [5.41, 5.74) is 1.67. The fourth-order valence-electron chi connectivity index (χ4n) is 4.12. The fourth-order valence-corrected chi connectivity index (χ4v) is 4.12. The van der Waals surface area contributed by atoms with Gasteiger partial charge in [0, 0.05) is 0 Å². The number of aromatic nitrogens is 4. The van der Waals surface area contributed by atoms with E-state index in [1.165, 1.54) is 29.1 Å². The van der Waals surface area contributed by atoms with Crippen molar-refractivity contribution in [3.63, 3.8) is 0 Å². The van der Waals surface area contributed by atoms with Crippen molar-refractivity contribution in [2.75, 3.05) is 0 Å². The van der Waals surface area contributed by atoms with Gasteiger partial charge in [0.2, 0.25) is 5.82 Å². The molecule has 0 saturated carbocycles. The van der Waals surface area contributed by atoms with Gasteiger partial charge in [0.1, 0.15) is 17.1 Å². The van der Waals surface area contributed by atoms with Gasteiger partial charge in [-0.1, -0.05) is 97.6 Å². The van der Waals surface area contributed by atoms with Gasteiger partial charge in [-0.2, -0.15) is 0 Å². The summed E-state index contributed by atoms with van der Waals surface area (Å²) in [6.07, 6.45) is 0. The van der Waals surface area contributed by atoms with Gasteiger partial charge in [-0.15, -0.1) is 15.0 Å². The molecule has 0 fully saturated rings. The minimum absolute atomic E-state index is 0.0225. The first kappa shape index (κ1) is 22.9. The van der Waals surface area contributed by atoms with Crippen LogP contribution in [-0.4, -0.2) is 26.2 Å². The van der Waals surface area contributed by atoms with Crippen LogP contribution in [0.25, 0.3) is 5.57 Å². The highest BCUT2D eigenvalue weighted by atomic mass is 19.1. The Kier molecular flexibility index (Phi) is 6.19. The smallest absolute Gasteiger partial charge is 0.346 e. The average molecular weight is 477 g/mol. The Labute approximate surface area is 207 Å². The van der Waals surface area contributed by atoms with E-state index in [1.807, 2.05) is 91.0 Å². The zero-order valence-electron chi connectivity index (χ0n) is 19.2. The molecule has 0 aliphatic rings. The highest BCUT2D eigenvalue weighted by Gasteiger charge is 2.41. The lowest BCUT2D eigenvalue weighted by Gasteiger charge is -2.34. The Hall–Kier alpha value is -4.91. The largest absolute Gasteiger partial charge is 0.423 e. The zero-order chi connectivity index (χ0) is 25.0. The van der Waals surface area contributed by atoms with Crippen LogP contribution in [0.3, 0.4) is 0 Å². The Morgan fingerprint density at radius 3 is 1.69 bits per heavy atom. The molecule has 0 amide bonds. The molecule has 1 aromatic heterocycles. The van der Waals surface area contributed by atoms with Crippen molar-refractivity contribution in [1.82, 2.24) is 20.2 Å². The number of rotatable bonds is 7. The summed E-state index contributed by atoms with van der Waals surface area (Å²) in [7, 11) is 0. The maximum Gasteiger partial charge on any atom is 0.346 e. The van der Waals surface area contributed by atoms with Gasteiger partial charge >= 0.3 is 5.97 Å². The van der Waals surface area contributed by atoms with E-state index in [9.17, 15) is 9.18 Å². The summed E-state index contributed by atoms with van der Waals surface area (Å²) in [4.78, 5) is 14.2. The normalized spacial score (nSPS) is 11.1. The van der Waals surface area contributed by atoms with Crippen LogP contribution in [-0.2, 0) is 10.3 Å². The Bertz CT molecular complexity index is 1390. The molecule has 0 unspecified atom stereocenters. The molecule has 36 heavy (non-hydrogen) atoms. The van der Waals surface area contributed by atoms with Gasteiger partial charge in [0.05, 0.1) is 0 Å². The van der Waals surface area contributed by atoms with Gasteiger partial charge in [-0.05, 0) is 46.2 Å². The van der Waals surface area contributed by atoms with E-state index in [0.717, 1.165) is 16.7 Å². The Morgan fingerprint density at radius 1 is 0.750 bits per heavy atom. The number of esters is 1. The SMILES string of the molecule is C=C(C(=O)Oc1ccc(F)cc1)c1nnn(C(c2ccccc2)(c2ccccc2)c2ccccc2)n1. The fraction of sp³-hybridized carbons (Fsp3) is 0.0345. The molecule has 0 N–H and O–H groups in total. The second kappa shape index (κ2) is 9.76. The topological polar surface area (TPSA) is 69.9 Å². The number of carbonyl (C=O) groups is 1. The van der Waals surface area contributed by atoms with Crippen LogP contribution < -0.4 is 4.74 Å². The van der Waals surface area contributed by atoms with Crippen molar-refractivity contribution in [3.05, 3.63) is 150 Å². The number of hydrogen-bond acceptors (Lipinski definition) is 5. The van der Waals surface area contributed by atoms with Crippen molar-refractivity contribution in [1.29, 1.82) is 0 Å². The van der Waals surface area contributed by atoms with Gasteiger partial charge in [-0.25, -0.2) is 9.18 Å². The molecule has 5 rings (SSSR count). The van der Waals surface area contributed by atoms with Crippen LogP contribution in [0.2, 0.25) is 0 Å². The number of hydrogen-bond donors (Lipinski definition) is 0. The van der Waals surface area contributed by atoms with E-state index in [0.29, 0.717) is 0 Å². The van der Waals surface area contributed by atoms with E-state index in [1.54, 1.807) is 0 Å². The van der Waals surface area contributed by atoms with Gasteiger partial charge < -0.3 is 4.74 Å². The molecule has 4 aromatic carbocycles. The molecular weight excluding hydrogens is 455 g/mol. The van der Waals surface area contributed by atoms with Crippen LogP contribution >= 0.6 is 0 Å². The molecule has 5 aromatic rings. The highest BCUT2D eigenvalue weighted by molar-refractivity contribution is 6.15. The quantitative estimate of drug-likeness (QED) is 0.139. The second-order valence-corrected chi connectivity index (χ2v) is 8.03. The molecule has 1 heterocycles. The second-order valence-electron chi connectivity index (χ2n) is 8.03. The molecule has 0 aliphatic heterocycles. The number of benzene rings is 4. The first-order valence-electron chi connectivity index (χ1n) is 11.2. The third-order valence-corrected chi connectivity index (χ3v) is 5.83. The summed E-state index contributed by atoms with van der Waals surface area (Å²) in [6.45, 7) is 3.83. The summed E-state index contributed by atoms with van der Waals surface area (Å²) in [5, 5.41) is 13.2. The first-order valence-corrected chi connectivity index (χ1v) is 11.2. The molecule has 7 heteroatoms. The molecule has 0 aliphatic carbocycles. The van der Waals surface area contributed by atoms with Gasteiger partial charge in [0.25, 0.3) is 0 Å². The monoisotopic (exact) mass is 476 g/mol. The molecule has 0 spiro atoms. The molecule has 0 radical (unpaired) electrons. The van der Waals surface area contributed by atoms with Crippen LogP contribution in [0.5, 0.6) is 5.75 Å². The van der Waals surface area contributed by atoms with Gasteiger partial charge in [-0.3, -0.25) is 0 Å². The van der Waals surface area contributed by atoms with Gasteiger partial charge in [0.15, 0.2) is 5.54 Å². The molecule has 176 valence electrons. The third kappa shape index (κ3) is 4.18. The summed E-state index contributed by atoms with van der Waals surface area (Å²) in [6, 6.07) is 34.7. The van der Waals surface area contributed by atoms with Crippen molar-refractivity contribution < 1.29 is 13.9 Å². The van der Waals surface area contributed by atoms with E-state index < -0.39 is 17.3 Å². The first-order chi connectivity index (χ1) is 17.6. The lowest BCUT2D eigenvalue weighted by Crippen LogP contribution is -2.39. The number of halogens is 1. The zero-order valence-corrected chi connectivity index (χ0v) is 19.2. The average Bonchev–Trinajstić information content (AvgIpc) is 3.42. The van der Waals surface area contributed by atoms with E-state index in [2.05, 4.69) is 22.0 Å². The standard InChI is InChI=1S/C29H21FN4O2/c1-21(28(35)36-26-19-17-25(30)18-20-26)27-31-33-34(32-27)29(22-11-5-2-6-12-22,23-13-7-3-8-14-23)24-15-9-4-10-16-24/h2-20H,1H2. The minimum atomic E-state index is -0.976. The number of ether oxygens (including phenoxy) is 1. The molecule has 0 bridgehead atoms. The third-order valence-electron chi connectivity index (χ3n) is 5.83. The summed E-state index contributed by atoms with van der Waals surface area (Å²) in [5.74, 6) is -0.986. The predicted octanol–water partition coefficient (Wildman–Crippen LogP) is 5.27. The van der Waals surface area contributed by atoms with E-state index >= 15 is 0 Å². The Morgan fingerprint density at radius 2 is 1.22 bits per heavy atom. The van der Waals surface area contributed by atoms with Crippen molar-refractivity contribution in [2.45, 2.75) is 5.54 Å². The molecule has 0 atom stereocenters. The number of carbonyl (C=O) groups excluding carboxylic acids is 1. The minimum Gasteiger partial charge on any atom is -0.423 e. The lowest BCUT2D eigenvalue weighted by atomic mass is 9.77. The molecule has 0 saturated heterocycles. The lowest BCUT2D eigenvalue weighted by molar-refractivity contribution is -0.127. The van der Waals surface area contributed by atoms with E-state index in [-0.39, 0.29) is 17.1 Å². The van der Waals surface area contributed by atoms with Crippen LogP contribution in [0.4, 0.5) is 4.39 Å². The maximum absolute atomic E-state index is 13.2. The van der Waals surface area contributed by atoms with Crippen LogP contribution in [0, 0.1) is 5.82 Å².